The van der Waals surface area contributed by atoms with Crippen LogP contribution in [0, 0.1) is 12.3 Å². The van der Waals surface area contributed by atoms with E-state index in [1.54, 1.807) is 0 Å². The quantitative estimate of drug-likeness (QED) is 0.881. The Morgan fingerprint density at radius 1 is 1.35 bits per heavy atom. The molecule has 2 bridgehead atoms. The van der Waals surface area contributed by atoms with E-state index in [-0.39, 0.29) is 23.0 Å². The van der Waals surface area contributed by atoms with Gasteiger partial charge in [0.25, 0.3) is 0 Å². The number of aromatic nitrogens is 2. The van der Waals surface area contributed by atoms with Crippen molar-refractivity contribution in [1.82, 2.24) is 9.55 Å². The molecule has 1 aromatic heterocycles. The van der Waals surface area contributed by atoms with Gasteiger partial charge in [0.05, 0.1) is 23.7 Å². The van der Waals surface area contributed by atoms with Gasteiger partial charge in [-0.2, -0.15) is 0 Å². The Hall–Kier alpha value is -2.14. The number of benzene rings is 1. The molecule has 1 aliphatic carbocycles. The van der Waals surface area contributed by atoms with Crippen LogP contribution in [0.1, 0.15) is 57.0 Å². The molecule has 26 heavy (non-hydrogen) atoms. The summed E-state index contributed by atoms with van der Waals surface area (Å²) >= 11 is 0. The summed E-state index contributed by atoms with van der Waals surface area (Å²) in [6, 6.07) is 8.35. The van der Waals surface area contributed by atoms with Gasteiger partial charge in [0.2, 0.25) is 5.91 Å². The molecule has 1 aromatic carbocycles. The number of hydrogen-bond acceptors (Lipinski definition) is 3. The van der Waals surface area contributed by atoms with E-state index >= 15 is 0 Å². The van der Waals surface area contributed by atoms with Crippen LogP contribution in [0.5, 0.6) is 0 Å². The second kappa shape index (κ2) is 6.23. The largest absolute Gasteiger partial charge is 0.374 e. The molecule has 5 nitrogen and oxygen atoms in total. The predicted octanol–water partition coefficient (Wildman–Crippen LogP) is 4.09. The van der Waals surface area contributed by atoms with Crippen LogP contribution in [0.25, 0.3) is 0 Å². The van der Waals surface area contributed by atoms with E-state index in [2.05, 4.69) is 40.8 Å². The van der Waals surface area contributed by atoms with Crippen LogP contribution in [-0.2, 0) is 9.53 Å². The lowest BCUT2D eigenvalue weighted by molar-refractivity contribution is -0.127. The topological polar surface area (TPSA) is 56.2 Å². The number of carbonyl (C=O) groups excluding carboxylic acids is 1. The molecular weight excluding hydrogens is 326 g/mol. The first-order valence-corrected chi connectivity index (χ1v) is 9.52. The van der Waals surface area contributed by atoms with E-state index in [0.29, 0.717) is 6.61 Å². The molecule has 2 aromatic rings. The molecule has 2 fully saturated rings. The SMILES string of the molecule is CC[C@]12CC[C@](C(=O)Nc3ccc([C@@H](C)n4ccnc4C)cc3)(CO1)C2. The fourth-order valence-corrected chi connectivity index (χ4v) is 4.53. The lowest BCUT2D eigenvalue weighted by atomic mass is 9.86. The van der Waals surface area contributed by atoms with Crippen LogP contribution in [-0.4, -0.2) is 27.7 Å². The third kappa shape index (κ3) is 2.75. The average Bonchev–Trinajstić information content (AvgIpc) is 3.36. The van der Waals surface area contributed by atoms with Crippen molar-refractivity contribution >= 4 is 11.6 Å². The van der Waals surface area contributed by atoms with Crippen molar-refractivity contribution in [2.24, 2.45) is 5.41 Å². The molecule has 3 atom stereocenters. The number of amides is 1. The maximum absolute atomic E-state index is 12.9. The van der Waals surface area contributed by atoms with E-state index < -0.39 is 0 Å². The van der Waals surface area contributed by atoms with Gasteiger partial charge in [0.1, 0.15) is 5.82 Å². The average molecular weight is 353 g/mol. The van der Waals surface area contributed by atoms with Crippen LogP contribution in [0.15, 0.2) is 36.7 Å². The molecule has 1 N–H and O–H groups in total. The molecule has 1 amide bonds. The highest BCUT2D eigenvalue weighted by Gasteiger charge is 2.58. The standard InChI is InChI=1S/C21H27N3O2/c1-4-21-10-9-20(13-21,14-26-21)19(25)23-18-7-5-17(6-8-18)15(2)24-12-11-22-16(24)3/h5-8,11-12,15H,4,9-10,13-14H2,1-3H3,(H,23,25)/t15-,20-,21-/m1/s1. The fourth-order valence-electron chi connectivity index (χ4n) is 4.53. The number of nitrogens with zero attached hydrogens (tertiary/aromatic N) is 2. The van der Waals surface area contributed by atoms with Crippen molar-refractivity contribution in [3.8, 4) is 0 Å². The first-order valence-electron chi connectivity index (χ1n) is 9.52. The van der Waals surface area contributed by atoms with E-state index in [0.717, 1.165) is 37.2 Å². The first-order chi connectivity index (χ1) is 12.5. The number of ether oxygens (including phenoxy) is 1. The summed E-state index contributed by atoms with van der Waals surface area (Å²) in [5, 5.41) is 3.12. The molecular formula is C21H27N3O2. The summed E-state index contributed by atoms with van der Waals surface area (Å²) in [6.07, 6.45) is 7.59. The molecule has 0 spiro atoms. The van der Waals surface area contributed by atoms with Gasteiger partial charge in [-0.1, -0.05) is 19.1 Å². The molecule has 2 heterocycles. The van der Waals surface area contributed by atoms with Gasteiger partial charge in [0, 0.05) is 18.1 Å². The highest BCUT2D eigenvalue weighted by atomic mass is 16.5. The molecule has 4 rings (SSSR count). The van der Waals surface area contributed by atoms with E-state index in [4.69, 9.17) is 4.74 Å². The predicted molar refractivity (Wildman–Crippen MR) is 101 cm³/mol. The maximum Gasteiger partial charge on any atom is 0.233 e. The van der Waals surface area contributed by atoms with E-state index in [1.807, 2.05) is 31.5 Å². The zero-order valence-corrected chi connectivity index (χ0v) is 15.8. The number of hydrogen-bond donors (Lipinski definition) is 1. The number of fused-ring (bicyclic) bond motifs is 2. The molecule has 1 saturated carbocycles. The Bertz CT molecular complexity index is 801. The molecule has 0 radical (unpaired) electrons. The minimum Gasteiger partial charge on any atom is -0.374 e. The Labute approximate surface area is 154 Å². The summed E-state index contributed by atoms with van der Waals surface area (Å²) < 4.78 is 8.13. The number of aryl methyl sites for hydroxylation is 1. The van der Waals surface area contributed by atoms with Gasteiger partial charge >= 0.3 is 0 Å². The van der Waals surface area contributed by atoms with Crippen molar-refractivity contribution in [2.45, 2.75) is 58.1 Å². The smallest absolute Gasteiger partial charge is 0.233 e. The van der Waals surface area contributed by atoms with Gasteiger partial charge in [-0.3, -0.25) is 4.79 Å². The summed E-state index contributed by atoms with van der Waals surface area (Å²) in [6.45, 7) is 6.87. The maximum atomic E-state index is 12.9. The normalized spacial score (nSPS) is 28.3. The highest BCUT2D eigenvalue weighted by Crippen LogP contribution is 2.54. The zero-order valence-electron chi connectivity index (χ0n) is 15.8. The summed E-state index contributed by atoms with van der Waals surface area (Å²) in [4.78, 5) is 17.2. The zero-order chi connectivity index (χ0) is 18.4. The van der Waals surface area contributed by atoms with Crippen LogP contribution in [0.3, 0.4) is 0 Å². The molecule has 0 unspecified atom stereocenters. The summed E-state index contributed by atoms with van der Waals surface area (Å²) in [7, 11) is 0. The van der Waals surface area contributed by atoms with Crippen molar-refractivity contribution < 1.29 is 9.53 Å². The van der Waals surface area contributed by atoms with E-state index in [9.17, 15) is 4.79 Å². The van der Waals surface area contributed by atoms with Gasteiger partial charge in [-0.25, -0.2) is 4.98 Å². The molecule has 1 aliphatic heterocycles. The van der Waals surface area contributed by atoms with Crippen LogP contribution >= 0.6 is 0 Å². The molecule has 2 aliphatic rings. The number of carbonyl (C=O) groups is 1. The van der Waals surface area contributed by atoms with Gasteiger partial charge in [-0.15, -0.1) is 0 Å². The summed E-state index contributed by atoms with van der Waals surface area (Å²) in [5.74, 6) is 1.10. The highest BCUT2D eigenvalue weighted by molar-refractivity contribution is 5.96. The monoisotopic (exact) mass is 353 g/mol. The van der Waals surface area contributed by atoms with Gasteiger partial charge < -0.3 is 14.6 Å². The minimum atomic E-state index is -0.337. The van der Waals surface area contributed by atoms with Crippen molar-refractivity contribution in [3.05, 3.63) is 48.0 Å². The Morgan fingerprint density at radius 2 is 2.12 bits per heavy atom. The van der Waals surface area contributed by atoms with Crippen molar-refractivity contribution in [3.63, 3.8) is 0 Å². The molecule has 5 heteroatoms. The lowest BCUT2D eigenvalue weighted by Crippen LogP contribution is -2.35. The second-order valence-corrected chi connectivity index (χ2v) is 7.92. The Balaban J connectivity index is 1.45. The van der Waals surface area contributed by atoms with E-state index in [1.165, 1.54) is 5.56 Å². The lowest BCUT2D eigenvalue weighted by Gasteiger charge is -2.27. The molecule has 1 saturated heterocycles. The van der Waals surface area contributed by atoms with Gasteiger partial charge in [-0.05, 0) is 57.2 Å². The summed E-state index contributed by atoms with van der Waals surface area (Å²) in [5.41, 5.74) is 1.65. The number of imidazole rings is 1. The van der Waals surface area contributed by atoms with Crippen molar-refractivity contribution in [2.75, 3.05) is 11.9 Å². The first kappa shape index (κ1) is 17.3. The third-order valence-electron chi connectivity index (χ3n) is 6.43. The third-order valence-corrected chi connectivity index (χ3v) is 6.43. The van der Waals surface area contributed by atoms with Crippen LogP contribution in [0.4, 0.5) is 5.69 Å². The minimum absolute atomic E-state index is 0.0563. The van der Waals surface area contributed by atoms with Crippen molar-refractivity contribution in [1.29, 1.82) is 0 Å². The Kier molecular flexibility index (Phi) is 4.14. The Morgan fingerprint density at radius 3 is 2.65 bits per heavy atom. The second-order valence-electron chi connectivity index (χ2n) is 7.92. The van der Waals surface area contributed by atoms with Crippen LogP contribution in [0.2, 0.25) is 0 Å². The molecule has 138 valence electrons. The van der Waals surface area contributed by atoms with Gasteiger partial charge in [0.15, 0.2) is 0 Å². The number of nitrogens with one attached hydrogen (secondary N) is 1. The van der Waals surface area contributed by atoms with Crippen LogP contribution < -0.4 is 5.32 Å². The fraction of sp³-hybridized carbons (Fsp3) is 0.524. The number of rotatable bonds is 5. The number of anilines is 1.